The summed E-state index contributed by atoms with van der Waals surface area (Å²) in [5.41, 5.74) is 0. The predicted molar refractivity (Wildman–Crippen MR) is 69.9 cm³/mol. The summed E-state index contributed by atoms with van der Waals surface area (Å²) >= 11 is 0. The molecule has 0 saturated carbocycles. The first kappa shape index (κ1) is 12.9. The Morgan fingerprint density at radius 3 is 2.47 bits per heavy atom. The van der Waals surface area contributed by atoms with Gasteiger partial charge in [0.05, 0.1) is 0 Å². The van der Waals surface area contributed by atoms with Crippen molar-refractivity contribution in [3.63, 3.8) is 0 Å². The van der Waals surface area contributed by atoms with Gasteiger partial charge in [0.1, 0.15) is 0 Å². The molecule has 2 saturated heterocycles. The fourth-order valence-corrected chi connectivity index (χ4v) is 3.37. The van der Waals surface area contributed by atoms with Gasteiger partial charge in [-0.2, -0.15) is 0 Å². The van der Waals surface area contributed by atoms with Crippen LogP contribution in [0.15, 0.2) is 0 Å². The maximum absolute atomic E-state index is 12.0. The van der Waals surface area contributed by atoms with Gasteiger partial charge in [0.2, 0.25) is 5.91 Å². The molecule has 2 aliphatic heterocycles. The Morgan fingerprint density at radius 1 is 1.12 bits per heavy atom. The van der Waals surface area contributed by atoms with E-state index in [0.29, 0.717) is 18.4 Å². The first-order valence-corrected chi connectivity index (χ1v) is 7.20. The van der Waals surface area contributed by atoms with Gasteiger partial charge in [-0.1, -0.05) is 6.92 Å². The Morgan fingerprint density at radius 2 is 1.82 bits per heavy atom. The lowest BCUT2D eigenvalue weighted by molar-refractivity contribution is -0.136. The molecule has 0 aromatic heterocycles. The van der Waals surface area contributed by atoms with E-state index in [4.69, 9.17) is 0 Å². The Bertz CT molecular complexity index is 259. The Kier molecular flexibility index (Phi) is 4.43. The van der Waals surface area contributed by atoms with Crippen LogP contribution in [-0.4, -0.2) is 48.4 Å². The number of carbonyl (C=O) groups is 1. The number of hydrogen-bond acceptors (Lipinski definition) is 2. The molecule has 2 heterocycles. The summed E-state index contributed by atoms with van der Waals surface area (Å²) in [6, 6.07) is 0.546. The molecule has 0 aliphatic carbocycles. The average molecular weight is 238 g/mol. The number of hydrogen-bond donors (Lipinski definition) is 0. The molecule has 2 rings (SSSR count). The molecule has 0 aromatic carbocycles. The van der Waals surface area contributed by atoms with Crippen LogP contribution in [0.1, 0.15) is 45.4 Å². The van der Waals surface area contributed by atoms with Crippen molar-refractivity contribution in [1.82, 2.24) is 9.80 Å². The lowest BCUT2D eigenvalue weighted by Gasteiger charge is -2.43. The van der Waals surface area contributed by atoms with Crippen LogP contribution in [0.4, 0.5) is 0 Å². The molecule has 0 N–H and O–H groups in total. The molecule has 0 radical (unpaired) electrons. The highest BCUT2D eigenvalue weighted by atomic mass is 16.2. The number of likely N-dealkylation sites (tertiary alicyclic amines) is 2. The van der Waals surface area contributed by atoms with Gasteiger partial charge in [-0.3, -0.25) is 4.79 Å². The van der Waals surface area contributed by atoms with E-state index in [0.717, 1.165) is 12.5 Å². The van der Waals surface area contributed by atoms with Crippen molar-refractivity contribution in [3.05, 3.63) is 0 Å². The normalized spacial score (nSPS) is 28.4. The van der Waals surface area contributed by atoms with Crippen molar-refractivity contribution in [2.45, 2.75) is 51.5 Å². The van der Waals surface area contributed by atoms with E-state index in [1.807, 2.05) is 6.92 Å². The molecular formula is C14H26N2O. The molecule has 2 aliphatic rings. The number of amides is 1. The third-order valence-electron chi connectivity index (χ3n) is 4.48. The summed E-state index contributed by atoms with van der Waals surface area (Å²) in [4.78, 5) is 16.6. The van der Waals surface area contributed by atoms with Crippen LogP contribution in [0, 0.1) is 5.92 Å². The zero-order valence-corrected chi connectivity index (χ0v) is 11.3. The quantitative estimate of drug-likeness (QED) is 0.735. The highest BCUT2D eigenvalue weighted by molar-refractivity contribution is 5.76. The molecule has 1 unspecified atom stereocenters. The summed E-state index contributed by atoms with van der Waals surface area (Å²) in [5, 5.41) is 0. The van der Waals surface area contributed by atoms with Gasteiger partial charge in [-0.25, -0.2) is 0 Å². The largest absolute Gasteiger partial charge is 0.339 e. The predicted octanol–water partition coefficient (Wildman–Crippen LogP) is 2.12. The second-order valence-electron chi connectivity index (χ2n) is 5.64. The van der Waals surface area contributed by atoms with Crippen LogP contribution in [0.2, 0.25) is 0 Å². The standard InChI is InChI=1S/C14H26N2O/c1-3-14(17)16-9-5-4-6-13(16)12-7-10-15(2)11-8-12/h12-13H,3-11H2,1-2H3. The molecule has 3 nitrogen and oxygen atoms in total. The minimum Gasteiger partial charge on any atom is -0.339 e. The van der Waals surface area contributed by atoms with Crippen molar-refractivity contribution in [1.29, 1.82) is 0 Å². The minimum atomic E-state index is 0.369. The lowest BCUT2D eigenvalue weighted by atomic mass is 9.83. The summed E-state index contributed by atoms with van der Waals surface area (Å²) in [5.74, 6) is 1.12. The SMILES string of the molecule is CCC(=O)N1CCCCC1C1CCN(C)CC1. The highest BCUT2D eigenvalue weighted by Crippen LogP contribution is 2.30. The van der Waals surface area contributed by atoms with Crippen molar-refractivity contribution >= 4 is 5.91 Å². The maximum Gasteiger partial charge on any atom is 0.222 e. The van der Waals surface area contributed by atoms with E-state index in [2.05, 4.69) is 16.8 Å². The first-order valence-electron chi connectivity index (χ1n) is 7.20. The summed E-state index contributed by atoms with van der Waals surface area (Å²) in [7, 11) is 2.20. The van der Waals surface area contributed by atoms with Gasteiger partial charge in [0.15, 0.2) is 0 Å². The Hall–Kier alpha value is -0.570. The third kappa shape index (κ3) is 3.01. The molecule has 3 heteroatoms. The molecule has 1 amide bonds. The van der Waals surface area contributed by atoms with Gasteiger partial charge in [-0.05, 0) is 58.2 Å². The fraction of sp³-hybridized carbons (Fsp3) is 0.929. The summed E-state index contributed by atoms with van der Waals surface area (Å²) < 4.78 is 0. The molecule has 2 fully saturated rings. The number of nitrogens with zero attached hydrogens (tertiary/aromatic N) is 2. The monoisotopic (exact) mass is 238 g/mol. The van der Waals surface area contributed by atoms with E-state index in [1.54, 1.807) is 0 Å². The van der Waals surface area contributed by atoms with Crippen molar-refractivity contribution in [2.75, 3.05) is 26.7 Å². The van der Waals surface area contributed by atoms with E-state index >= 15 is 0 Å². The Balaban J connectivity index is 1.98. The second kappa shape index (κ2) is 5.85. The number of carbonyl (C=O) groups excluding carboxylic acids is 1. The van der Waals surface area contributed by atoms with E-state index < -0.39 is 0 Å². The maximum atomic E-state index is 12.0. The third-order valence-corrected chi connectivity index (χ3v) is 4.48. The first-order chi connectivity index (χ1) is 8.22. The van der Waals surface area contributed by atoms with Crippen molar-refractivity contribution in [2.24, 2.45) is 5.92 Å². The van der Waals surface area contributed by atoms with E-state index in [-0.39, 0.29) is 0 Å². The molecule has 0 aromatic rings. The minimum absolute atomic E-state index is 0.369. The summed E-state index contributed by atoms with van der Waals surface area (Å²) in [6.07, 6.45) is 6.96. The smallest absolute Gasteiger partial charge is 0.222 e. The second-order valence-corrected chi connectivity index (χ2v) is 5.64. The number of rotatable bonds is 2. The van der Waals surface area contributed by atoms with Crippen molar-refractivity contribution in [3.8, 4) is 0 Å². The van der Waals surface area contributed by atoms with Crippen LogP contribution < -0.4 is 0 Å². The zero-order chi connectivity index (χ0) is 12.3. The fourth-order valence-electron chi connectivity index (χ4n) is 3.37. The van der Waals surface area contributed by atoms with Gasteiger partial charge < -0.3 is 9.80 Å². The van der Waals surface area contributed by atoms with Gasteiger partial charge in [0.25, 0.3) is 0 Å². The van der Waals surface area contributed by atoms with Crippen LogP contribution in [0.3, 0.4) is 0 Å². The Labute approximate surface area is 105 Å². The van der Waals surface area contributed by atoms with Crippen LogP contribution in [0.5, 0.6) is 0 Å². The lowest BCUT2D eigenvalue weighted by Crippen LogP contribution is -2.49. The number of piperidine rings is 2. The van der Waals surface area contributed by atoms with E-state index in [9.17, 15) is 4.79 Å². The molecular weight excluding hydrogens is 212 g/mol. The molecule has 1 atom stereocenters. The average Bonchev–Trinajstić information content (AvgIpc) is 2.39. The van der Waals surface area contributed by atoms with Gasteiger partial charge >= 0.3 is 0 Å². The molecule has 98 valence electrons. The van der Waals surface area contributed by atoms with Crippen LogP contribution >= 0.6 is 0 Å². The van der Waals surface area contributed by atoms with Crippen molar-refractivity contribution < 1.29 is 4.79 Å². The molecule has 0 spiro atoms. The molecule has 17 heavy (non-hydrogen) atoms. The topological polar surface area (TPSA) is 23.6 Å². The van der Waals surface area contributed by atoms with Gasteiger partial charge in [0, 0.05) is 19.0 Å². The molecule has 0 bridgehead atoms. The van der Waals surface area contributed by atoms with Gasteiger partial charge in [-0.15, -0.1) is 0 Å². The van der Waals surface area contributed by atoms with Crippen LogP contribution in [0.25, 0.3) is 0 Å². The van der Waals surface area contributed by atoms with E-state index in [1.165, 1.54) is 45.2 Å². The highest BCUT2D eigenvalue weighted by Gasteiger charge is 2.33. The summed E-state index contributed by atoms with van der Waals surface area (Å²) in [6.45, 7) is 5.40. The van der Waals surface area contributed by atoms with Crippen LogP contribution in [-0.2, 0) is 4.79 Å². The zero-order valence-electron chi connectivity index (χ0n) is 11.3.